The minimum Gasteiger partial charge on any atom is -0.387 e. The maximum atomic E-state index is 13.8. The monoisotopic (exact) mass is 303 g/mol. The third kappa shape index (κ3) is 3.54. The van der Waals surface area contributed by atoms with Crippen molar-refractivity contribution in [3.05, 3.63) is 54.1 Å². The zero-order valence-corrected chi connectivity index (χ0v) is 12.7. The molecule has 2 unspecified atom stereocenters. The standard InChI is InChI=1S/C16H18FN3S/c1-18-16-10-19-9-15(17)14(16)8-7-12-11-20(12)21-13-5-3-2-4-6-13/h2-6,9-10,12,18H,7-8,11H2,1H3. The number of rotatable bonds is 6. The fourth-order valence-corrected chi connectivity index (χ4v) is 3.42. The molecule has 0 bridgehead atoms. The number of hydrogen-bond acceptors (Lipinski definition) is 4. The lowest BCUT2D eigenvalue weighted by atomic mass is 10.1. The zero-order valence-electron chi connectivity index (χ0n) is 11.9. The third-order valence-corrected chi connectivity index (χ3v) is 4.80. The molecule has 1 aliphatic rings. The van der Waals surface area contributed by atoms with Crippen molar-refractivity contribution < 1.29 is 4.39 Å². The molecule has 3 rings (SSSR count). The van der Waals surface area contributed by atoms with E-state index in [2.05, 4.69) is 26.7 Å². The van der Waals surface area contributed by atoms with E-state index in [0.717, 1.165) is 30.6 Å². The summed E-state index contributed by atoms with van der Waals surface area (Å²) in [5, 5.41) is 3.01. The van der Waals surface area contributed by atoms with E-state index in [9.17, 15) is 4.39 Å². The van der Waals surface area contributed by atoms with Crippen molar-refractivity contribution >= 4 is 17.6 Å². The van der Waals surface area contributed by atoms with Gasteiger partial charge in [0.15, 0.2) is 0 Å². The van der Waals surface area contributed by atoms with E-state index in [1.165, 1.54) is 11.1 Å². The maximum Gasteiger partial charge on any atom is 0.146 e. The molecule has 110 valence electrons. The van der Waals surface area contributed by atoms with Gasteiger partial charge in [-0.1, -0.05) is 18.2 Å². The highest BCUT2D eigenvalue weighted by Gasteiger charge is 2.34. The Hall–Kier alpha value is -1.59. The normalized spacial score (nSPS) is 20.3. The van der Waals surface area contributed by atoms with Crippen molar-refractivity contribution in [1.82, 2.24) is 9.29 Å². The Morgan fingerprint density at radius 3 is 2.90 bits per heavy atom. The van der Waals surface area contributed by atoms with Crippen molar-refractivity contribution in [2.45, 2.75) is 23.8 Å². The first-order valence-corrected chi connectivity index (χ1v) is 7.85. The van der Waals surface area contributed by atoms with Gasteiger partial charge in [0.05, 0.1) is 18.1 Å². The topological polar surface area (TPSA) is 27.9 Å². The summed E-state index contributed by atoms with van der Waals surface area (Å²) in [6.07, 6.45) is 4.68. The largest absolute Gasteiger partial charge is 0.387 e. The molecular weight excluding hydrogens is 285 g/mol. The summed E-state index contributed by atoms with van der Waals surface area (Å²) in [5.41, 5.74) is 1.53. The number of nitrogens with zero attached hydrogens (tertiary/aromatic N) is 2. The quantitative estimate of drug-likeness (QED) is 0.652. The molecule has 2 atom stereocenters. The summed E-state index contributed by atoms with van der Waals surface area (Å²) >= 11 is 1.78. The highest BCUT2D eigenvalue weighted by Crippen LogP contribution is 2.36. The van der Waals surface area contributed by atoms with Gasteiger partial charge < -0.3 is 5.32 Å². The molecule has 1 N–H and O–H groups in total. The van der Waals surface area contributed by atoms with Crippen LogP contribution in [0.5, 0.6) is 0 Å². The molecule has 1 aromatic carbocycles. The lowest BCUT2D eigenvalue weighted by Gasteiger charge is -2.09. The number of aromatic nitrogens is 1. The van der Waals surface area contributed by atoms with Gasteiger partial charge in [0, 0.05) is 30.1 Å². The van der Waals surface area contributed by atoms with Gasteiger partial charge in [0.1, 0.15) is 5.82 Å². The molecule has 0 amide bonds. The molecule has 2 heterocycles. The van der Waals surface area contributed by atoms with Gasteiger partial charge in [-0.15, -0.1) is 0 Å². The third-order valence-electron chi connectivity index (χ3n) is 3.63. The maximum absolute atomic E-state index is 13.8. The van der Waals surface area contributed by atoms with Crippen LogP contribution in [0.4, 0.5) is 10.1 Å². The molecule has 2 aromatic rings. The molecule has 1 aromatic heterocycles. The molecule has 1 aliphatic heterocycles. The van der Waals surface area contributed by atoms with Gasteiger partial charge in [0.25, 0.3) is 0 Å². The van der Waals surface area contributed by atoms with Crippen LogP contribution in [0.1, 0.15) is 12.0 Å². The van der Waals surface area contributed by atoms with Crippen molar-refractivity contribution in [3.8, 4) is 0 Å². The van der Waals surface area contributed by atoms with Gasteiger partial charge in [-0.05, 0) is 36.9 Å². The van der Waals surface area contributed by atoms with Gasteiger partial charge in [-0.2, -0.15) is 0 Å². The van der Waals surface area contributed by atoms with Gasteiger partial charge in [-0.25, -0.2) is 8.70 Å². The molecule has 5 heteroatoms. The number of nitrogens with one attached hydrogen (secondary N) is 1. The molecule has 1 fully saturated rings. The fraction of sp³-hybridized carbons (Fsp3) is 0.312. The lowest BCUT2D eigenvalue weighted by Crippen LogP contribution is -2.03. The number of anilines is 1. The van der Waals surface area contributed by atoms with Gasteiger partial charge in [-0.3, -0.25) is 4.98 Å². The number of benzene rings is 1. The second-order valence-corrected chi connectivity index (χ2v) is 6.22. The van der Waals surface area contributed by atoms with E-state index in [4.69, 9.17) is 0 Å². The van der Waals surface area contributed by atoms with Gasteiger partial charge in [0.2, 0.25) is 0 Å². The van der Waals surface area contributed by atoms with E-state index >= 15 is 0 Å². The van der Waals surface area contributed by atoms with Crippen LogP contribution < -0.4 is 5.32 Å². The first-order chi connectivity index (χ1) is 10.3. The number of halogens is 1. The van der Waals surface area contributed by atoms with Crippen LogP contribution in [0.15, 0.2) is 47.6 Å². The second kappa shape index (κ2) is 6.45. The first kappa shape index (κ1) is 14.4. The van der Waals surface area contributed by atoms with Crippen molar-refractivity contribution in [2.24, 2.45) is 0 Å². The zero-order chi connectivity index (χ0) is 14.7. The first-order valence-electron chi connectivity index (χ1n) is 7.07. The van der Waals surface area contributed by atoms with Crippen molar-refractivity contribution in [2.75, 3.05) is 18.9 Å². The summed E-state index contributed by atoms with van der Waals surface area (Å²) in [5.74, 6) is -0.218. The minimum atomic E-state index is -0.218. The molecule has 3 nitrogen and oxygen atoms in total. The van der Waals surface area contributed by atoms with Crippen molar-refractivity contribution in [1.29, 1.82) is 0 Å². The predicted molar refractivity (Wildman–Crippen MR) is 84.9 cm³/mol. The molecule has 0 spiro atoms. The second-order valence-electron chi connectivity index (χ2n) is 5.09. The number of hydrogen-bond donors (Lipinski definition) is 1. The highest BCUT2D eigenvalue weighted by atomic mass is 32.2. The Balaban J connectivity index is 1.54. The Labute approximate surface area is 128 Å². The molecule has 0 radical (unpaired) electrons. The van der Waals surface area contributed by atoms with E-state index in [-0.39, 0.29) is 5.82 Å². The Bertz CT molecular complexity index is 606. The summed E-state index contributed by atoms with van der Waals surface area (Å²) in [4.78, 5) is 5.13. The summed E-state index contributed by atoms with van der Waals surface area (Å²) < 4.78 is 16.2. The Morgan fingerprint density at radius 1 is 1.33 bits per heavy atom. The van der Waals surface area contributed by atoms with Crippen LogP contribution in [0.2, 0.25) is 0 Å². The molecule has 1 saturated heterocycles. The van der Waals surface area contributed by atoms with E-state index in [1.54, 1.807) is 25.2 Å². The Morgan fingerprint density at radius 2 is 2.14 bits per heavy atom. The average Bonchev–Trinajstić information content (AvgIpc) is 3.25. The van der Waals surface area contributed by atoms with Crippen LogP contribution in [0, 0.1) is 5.82 Å². The minimum absolute atomic E-state index is 0.218. The van der Waals surface area contributed by atoms with E-state index < -0.39 is 0 Å². The highest BCUT2D eigenvalue weighted by molar-refractivity contribution is 7.97. The molecule has 0 aliphatic carbocycles. The fourth-order valence-electron chi connectivity index (χ4n) is 2.37. The molecule has 0 saturated carbocycles. The SMILES string of the molecule is CNc1cncc(F)c1CCC1CN1Sc1ccccc1. The van der Waals surface area contributed by atoms with E-state index in [1.807, 2.05) is 18.2 Å². The summed E-state index contributed by atoms with van der Waals surface area (Å²) in [6.45, 7) is 1.07. The van der Waals surface area contributed by atoms with Crippen LogP contribution >= 0.6 is 11.9 Å². The smallest absolute Gasteiger partial charge is 0.146 e. The van der Waals surface area contributed by atoms with Crippen LogP contribution in [0.25, 0.3) is 0 Å². The lowest BCUT2D eigenvalue weighted by molar-refractivity contribution is 0.594. The van der Waals surface area contributed by atoms with Gasteiger partial charge >= 0.3 is 0 Å². The molecular formula is C16H18FN3S. The molecule has 21 heavy (non-hydrogen) atoms. The Kier molecular flexibility index (Phi) is 4.41. The van der Waals surface area contributed by atoms with Crippen LogP contribution in [-0.4, -0.2) is 28.9 Å². The predicted octanol–water partition coefficient (Wildman–Crippen LogP) is 3.59. The number of pyridine rings is 1. The van der Waals surface area contributed by atoms with Crippen LogP contribution in [-0.2, 0) is 6.42 Å². The summed E-state index contributed by atoms with van der Waals surface area (Å²) in [7, 11) is 1.80. The average molecular weight is 303 g/mol. The van der Waals surface area contributed by atoms with Crippen LogP contribution in [0.3, 0.4) is 0 Å². The van der Waals surface area contributed by atoms with Crippen molar-refractivity contribution in [3.63, 3.8) is 0 Å². The summed E-state index contributed by atoms with van der Waals surface area (Å²) in [6, 6.07) is 10.9. The van der Waals surface area contributed by atoms with E-state index in [0.29, 0.717) is 6.04 Å².